The summed E-state index contributed by atoms with van der Waals surface area (Å²) < 4.78 is 0. The largest absolute Gasteiger partial charge is 0.310 e. The lowest BCUT2D eigenvalue weighted by Gasteiger charge is -2.35. The van der Waals surface area contributed by atoms with Crippen molar-refractivity contribution in [1.29, 1.82) is 0 Å². The van der Waals surface area contributed by atoms with Crippen LogP contribution in [0.25, 0.3) is 0 Å². The Morgan fingerprint density at radius 1 is 1.62 bits per heavy atom. The quantitative estimate of drug-likeness (QED) is 0.665. The number of likely N-dealkylation sites (tertiary alicyclic amines) is 1. The monoisotopic (exact) mass is 182 g/mol. The van der Waals surface area contributed by atoms with Gasteiger partial charge in [0.05, 0.1) is 0 Å². The van der Waals surface area contributed by atoms with Gasteiger partial charge in [-0.05, 0) is 32.9 Å². The summed E-state index contributed by atoms with van der Waals surface area (Å²) in [6.45, 7) is 11.7. The average Bonchev–Trinajstić information content (AvgIpc) is 2.02. The van der Waals surface area contributed by atoms with Crippen molar-refractivity contribution in [3.8, 4) is 0 Å². The third-order valence-corrected chi connectivity index (χ3v) is 2.77. The lowest BCUT2D eigenvalue weighted by Crippen LogP contribution is -2.47. The molecule has 1 rings (SSSR count). The molecule has 2 unspecified atom stereocenters. The predicted octanol–water partition coefficient (Wildman–Crippen LogP) is 1.49. The normalized spacial score (nSPS) is 30.4. The number of hydrogen-bond acceptors (Lipinski definition) is 2. The zero-order valence-electron chi connectivity index (χ0n) is 9.14. The Labute approximate surface area is 82.0 Å². The molecule has 0 aliphatic carbocycles. The molecule has 0 spiro atoms. The van der Waals surface area contributed by atoms with Gasteiger partial charge in [0, 0.05) is 19.1 Å². The Morgan fingerprint density at radius 2 is 2.31 bits per heavy atom. The summed E-state index contributed by atoms with van der Waals surface area (Å²) in [7, 11) is 2.20. The van der Waals surface area contributed by atoms with E-state index < -0.39 is 0 Å². The summed E-state index contributed by atoms with van der Waals surface area (Å²) in [4.78, 5) is 2.41. The molecule has 0 aromatic rings. The first-order valence-corrected chi connectivity index (χ1v) is 5.16. The second-order valence-corrected chi connectivity index (χ2v) is 4.47. The van der Waals surface area contributed by atoms with Crippen LogP contribution in [0.15, 0.2) is 12.2 Å². The molecule has 1 aliphatic heterocycles. The lowest BCUT2D eigenvalue weighted by atomic mass is 9.94. The van der Waals surface area contributed by atoms with Crippen molar-refractivity contribution in [2.75, 3.05) is 26.7 Å². The smallest absolute Gasteiger partial charge is 0.0161 e. The second kappa shape index (κ2) is 4.77. The van der Waals surface area contributed by atoms with E-state index in [4.69, 9.17) is 0 Å². The van der Waals surface area contributed by atoms with E-state index in [-0.39, 0.29) is 0 Å². The molecule has 0 radical (unpaired) electrons. The zero-order chi connectivity index (χ0) is 9.84. The molecule has 1 saturated heterocycles. The Balaban J connectivity index is 2.29. The fraction of sp³-hybridized carbons (Fsp3) is 0.818. The van der Waals surface area contributed by atoms with Gasteiger partial charge in [-0.15, -0.1) is 0 Å². The van der Waals surface area contributed by atoms with E-state index in [1.165, 1.54) is 25.1 Å². The highest BCUT2D eigenvalue weighted by Crippen LogP contribution is 2.15. The van der Waals surface area contributed by atoms with Gasteiger partial charge in [-0.1, -0.05) is 19.1 Å². The van der Waals surface area contributed by atoms with E-state index in [9.17, 15) is 0 Å². The van der Waals surface area contributed by atoms with Gasteiger partial charge in [0.2, 0.25) is 0 Å². The maximum absolute atomic E-state index is 3.91. The lowest BCUT2D eigenvalue weighted by molar-refractivity contribution is 0.177. The van der Waals surface area contributed by atoms with Crippen LogP contribution in [0, 0.1) is 5.92 Å². The summed E-state index contributed by atoms with van der Waals surface area (Å²) in [5, 5.41) is 3.57. The highest BCUT2D eigenvalue weighted by molar-refractivity contribution is 4.93. The molecule has 13 heavy (non-hydrogen) atoms. The van der Waals surface area contributed by atoms with Crippen LogP contribution in [-0.4, -0.2) is 37.6 Å². The molecular weight excluding hydrogens is 160 g/mol. The van der Waals surface area contributed by atoms with E-state index in [2.05, 4.69) is 37.7 Å². The van der Waals surface area contributed by atoms with Crippen LogP contribution in [-0.2, 0) is 0 Å². The van der Waals surface area contributed by atoms with E-state index in [0.717, 1.165) is 12.5 Å². The molecule has 0 amide bonds. The fourth-order valence-corrected chi connectivity index (χ4v) is 1.96. The maximum Gasteiger partial charge on any atom is 0.0161 e. The molecule has 0 aromatic carbocycles. The van der Waals surface area contributed by atoms with Gasteiger partial charge in [-0.3, -0.25) is 0 Å². The predicted molar refractivity (Wildman–Crippen MR) is 57.9 cm³/mol. The minimum absolute atomic E-state index is 0.688. The number of rotatable bonds is 3. The van der Waals surface area contributed by atoms with Gasteiger partial charge in [0.1, 0.15) is 0 Å². The van der Waals surface area contributed by atoms with E-state index in [0.29, 0.717) is 6.04 Å². The van der Waals surface area contributed by atoms with Gasteiger partial charge in [0.15, 0.2) is 0 Å². The first-order valence-electron chi connectivity index (χ1n) is 5.16. The average molecular weight is 182 g/mol. The van der Waals surface area contributed by atoms with Crippen molar-refractivity contribution in [3.05, 3.63) is 12.2 Å². The number of piperidine rings is 1. The van der Waals surface area contributed by atoms with Gasteiger partial charge in [-0.2, -0.15) is 0 Å². The molecule has 76 valence electrons. The Hall–Kier alpha value is -0.340. The highest BCUT2D eigenvalue weighted by atomic mass is 15.1. The number of nitrogens with one attached hydrogen (secondary N) is 1. The van der Waals surface area contributed by atoms with Crippen LogP contribution in [0.2, 0.25) is 0 Å². The molecule has 1 heterocycles. The van der Waals surface area contributed by atoms with Crippen molar-refractivity contribution in [3.63, 3.8) is 0 Å². The van der Waals surface area contributed by atoms with Crippen LogP contribution in [0.5, 0.6) is 0 Å². The molecule has 0 bridgehead atoms. The standard InChI is InChI=1S/C11H22N2/c1-9(2)7-12-11-5-6-13(4)8-10(11)3/h10-12H,1,5-8H2,2-4H3. The fourth-order valence-electron chi connectivity index (χ4n) is 1.96. The second-order valence-electron chi connectivity index (χ2n) is 4.47. The van der Waals surface area contributed by atoms with Crippen molar-refractivity contribution in [2.45, 2.75) is 26.3 Å². The zero-order valence-corrected chi connectivity index (χ0v) is 9.14. The van der Waals surface area contributed by atoms with Crippen LogP contribution in [0.1, 0.15) is 20.3 Å². The molecule has 0 aromatic heterocycles. The SMILES string of the molecule is C=C(C)CNC1CCN(C)CC1C. The van der Waals surface area contributed by atoms with Gasteiger partial charge in [0.25, 0.3) is 0 Å². The topological polar surface area (TPSA) is 15.3 Å². The molecule has 2 nitrogen and oxygen atoms in total. The van der Waals surface area contributed by atoms with Crippen molar-refractivity contribution < 1.29 is 0 Å². The minimum atomic E-state index is 0.688. The summed E-state index contributed by atoms with van der Waals surface area (Å²) in [5.41, 5.74) is 1.23. The Bertz CT molecular complexity index is 177. The van der Waals surface area contributed by atoms with Crippen LogP contribution >= 0.6 is 0 Å². The van der Waals surface area contributed by atoms with Crippen LogP contribution in [0.3, 0.4) is 0 Å². The third kappa shape index (κ3) is 3.49. The Morgan fingerprint density at radius 3 is 2.85 bits per heavy atom. The van der Waals surface area contributed by atoms with Crippen molar-refractivity contribution >= 4 is 0 Å². The van der Waals surface area contributed by atoms with Crippen molar-refractivity contribution in [2.24, 2.45) is 5.92 Å². The minimum Gasteiger partial charge on any atom is -0.310 e. The van der Waals surface area contributed by atoms with Gasteiger partial charge in [-0.25, -0.2) is 0 Å². The van der Waals surface area contributed by atoms with E-state index in [1.807, 2.05) is 0 Å². The van der Waals surface area contributed by atoms with Crippen molar-refractivity contribution in [1.82, 2.24) is 10.2 Å². The first kappa shape index (κ1) is 10.7. The van der Waals surface area contributed by atoms with Crippen LogP contribution in [0.4, 0.5) is 0 Å². The van der Waals surface area contributed by atoms with Gasteiger partial charge >= 0.3 is 0 Å². The molecular formula is C11H22N2. The maximum atomic E-state index is 3.91. The summed E-state index contributed by atoms with van der Waals surface area (Å²) in [6.07, 6.45) is 1.27. The Kier molecular flexibility index (Phi) is 3.94. The third-order valence-electron chi connectivity index (χ3n) is 2.77. The molecule has 2 atom stereocenters. The number of hydrogen-bond donors (Lipinski definition) is 1. The first-order chi connectivity index (χ1) is 6.09. The van der Waals surface area contributed by atoms with E-state index >= 15 is 0 Å². The molecule has 1 fully saturated rings. The number of nitrogens with zero attached hydrogens (tertiary/aromatic N) is 1. The van der Waals surface area contributed by atoms with Crippen LogP contribution < -0.4 is 5.32 Å². The highest BCUT2D eigenvalue weighted by Gasteiger charge is 2.23. The summed E-state index contributed by atoms with van der Waals surface area (Å²) >= 11 is 0. The molecule has 1 aliphatic rings. The molecule has 0 saturated carbocycles. The summed E-state index contributed by atoms with van der Waals surface area (Å²) in [6, 6.07) is 0.688. The molecule has 1 N–H and O–H groups in total. The summed E-state index contributed by atoms with van der Waals surface area (Å²) in [5.74, 6) is 0.762. The van der Waals surface area contributed by atoms with E-state index in [1.54, 1.807) is 0 Å². The van der Waals surface area contributed by atoms with Gasteiger partial charge < -0.3 is 10.2 Å². The molecule has 2 heteroatoms.